The van der Waals surface area contributed by atoms with E-state index in [2.05, 4.69) is 19.8 Å². The van der Waals surface area contributed by atoms with Crippen molar-refractivity contribution in [3.63, 3.8) is 0 Å². The summed E-state index contributed by atoms with van der Waals surface area (Å²) >= 11 is 0. The molecular weight excluding hydrogens is 465 g/mol. The van der Waals surface area contributed by atoms with E-state index in [0.717, 1.165) is 0 Å². The number of nitrogens with one attached hydrogen (secondary N) is 1. The van der Waals surface area contributed by atoms with Crippen LogP contribution in [0.15, 0.2) is 41.6 Å². The van der Waals surface area contributed by atoms with Gasteiger partial charge in [-0.25, -0.2) is 22.5 Å². The van der Waals surface area contributed by atoms with Crippen molar-refractivity contribution in [3.8, 4) is 22.9 Å². The van der Waals surface area contributed by atoms with Gasteiger partial charge in [-0.1, -0.05) is 6.07 Å². The van der Waals surface area contributed by atoms with Crippen molar-refractivity contribution in [3.05, 3.63) is 42.5 Å². The number of aryl methyl sites for hydroxylation is 1. The summed E-state index contributed by atoms with van der Waals surface area (Å²) in [6.45, 7) is 6.94. The maximum Gasteiger partial charge on any atom is 0.267 e. The van der Waals surface area contributed by atoms with E-state index in [0.29, 0.717) is 0 Å². The molecule has 34 heavy (non-hydrogen) atoms. The van der Waals surface area contributed by atoms with Gasteiger partial charge >= 0.3 is 0 Å². The normalized spacial score (nSPS) is 12.1. The van der Waals surface area contributed by atoms with Gasteiger partial charge in [0, 0.05) is 25.7 Å². The fraction of sp³-hybridized carbons (Fsp3) is 0.409. The Kier molecular flexibility index (Phi) is 7.41. The molecule has 0 saturated heterocycles. The summed E-state index contributed by atoms with van der Waals surface area (Å²) in [4.78, 5) is 8.26. The maximum atomic E-state index is 14.9. The van der Waals surface area contributed by atoms with E-state index in [4.69, 9.17) is 9.47 Å². The molecule has 0 aliphatic carbocycles. The van der Waals surface area contributed by atoms with Crippen molar-refractivity contribution in [1.82, 2.24) is 19.7 Å². The maximum absolute atomic E-state index is 14.9. The highest BCUT2D eigenvalue weighted by atomic mass is 32.2. The first-order valence-corrected chi connectivity index (χ1v) is 12.0. The minimum Gasteiger partial charge on any atom is -0.490 e. The Morgan fingerprint density at radius 3 is 2.62 bits per heavy atom. The first kappa shape index (κ1) is 25.4. The number of nitrogens with zero attached hydrogens (tertiary/aromatic N) is 4. The number of hydrogen-bond acceptors (Lipinski definition) is 8. The predicted octanol–water partition coefficient (Wildman–Crippen LogP) is 3.14. The Morgan fingerprint density at radius 2 is 2.00 bits per heavy atom. The smallest absolute Gasteiger partial charge is 0.267 e. The van der Waals surface area contributed by atoms with Crippen molar-refractivity contribution in [1.29, 1.82) is 0 Å². The van der Waals surface area contributed by atoms with Gasteiger partial charge in [-0.05, 0) is 39.8 Å². The second-order valence-corrected chi connectivity index (χ2v) is 10.2. The van der Waals surface area contributed by atoms with Crippen LogP contribution in [-0.2, 0) is 17.1 Å². The average Bonchev–Trinajstić information content (AvgIpc) is 3.13. The van der Waals surface area contributed by atoms with E-state index < -0.39 is 21.4 Å². The highest BCUT2D eigenvalue weighted by molar-refractivity contribution is 7.92. The number of aliphatic hydroxyl groups is 1. The zero-order chi connectivity index (χ0) is 25.1. The Bertz CT molecular complexity index is 1250. The number of hydrogen-bond donors (Lipinski definition) is 2. The van der Waals surface area contributed by atoms with E-state index in [1.54, 1.807) is 40.8 Å². The van der Waals surface area contributed by atoms with E-state index in [1.165, 1.54) is 35.3 Å². The van der Waals surface area contributed by atoms with Crippen LogP contribution in [0.1, 0.15) is 34.1 Å². The molecule has 0 bridgehead atoms. The van der Waals surface area contributed by atoms with Crippen LogP contribution in [0, 0.1) is 5.82 Å². The van der Waals surface area contributed by atoms with Gasteiger partial charge in [0.25, 0.3) is 10.0 Å². The Morgan fingerprint density at radius 1 is 1.26 bits per heavy atom. The molecule has 2 N–H and O–H groups in total. The summed E-state index contributed by atoms with van der Waals surface area (Å²) in [5, 5.41) is 13.8. The second kappa shape index (κ2) is 9.94. The molecule has 0 amide bonds. The fourth-order valence-corrected chi connectivity index (χ4v) is 3.83. The molecule has 0 fully saturated rings. The number of halogens is 1. The third-order valence-electron chi connectivity index (χ3n) is 4.48. The van der Waals surface area contributed by atoms with Crippen molar-refractivity contribution in [2.24, 2.45) is 7.05 Å². The zero-order valence-electron chi connectivity index (χ0n) is 19.6. The van der Waals surface area contributed by atoms with Gasteiger partial charge in [-0.2, -0.15) is 10.1 Å². The fourth-order valence-electron chi connectivity index (χ4n) is 2.90. The molecule has 0 saturated carbocycles. The van der Waals surface area contributed by atoms with Crippen LogP contribution in [0.25, 0.3) is 11.3 Å². The molecule has 0 unspecified atom stereocenters. The lowest BCUT2D eigenvalue weighted by atomic mass is 10.1. The van der Waals surface area contributed by atoms with Crippen molar-refractivity contribution < 1.29 is 27.4 Å². The van der Waals surface area contributed by atoms with Crippen LogP contribution < -0.4 is 14.2 Å². The molecule has 12 heteroatoms. The number of anilines is 1. The average molecular weight is 494 g/mol. The lowest BCUT2D eigenvalue weighted by Gasteiger charge is -2.18. The van der Waals surface area contributed by atoms with E-state index in [1.807, 2.05) is 0 Å². The number of aromatic nitrogens is 4. The Labute approximate surface area is 197 Å². The van der Waals surface area contributed by atoms with Crippen molar-refractivity contribution >= 4 is 16.0 Å². The first-order valence-electron chi connectivity index (χ1n) is 10.6. The molecule has 2 heterocycles. The molecular formula is C22H28FN5O5S. The molecule has 0 aliphatic heterocycles. The molecule has 3 rings (SSSR count). The highest BCUT2D eigenvalue weighted by Gasteiger charge is 2.22. The number of ether oxygens (including phenoxy) is 2. The summed E-state index contributed by atoms with van der Waals surface area (Å²) in [5.74, 6) is -0.701. The Hall–Kier alpha value is -3.25. The zero-order valence-corrected chi connectivity index (χ0v) is 20.4. The molecule has 10 nitrogen and oxygen atoms in total. The number of sulfonamides is 1. The minimum absolute atomic E-state index is 0.00288. The minimum atomic E-state index is -4.07. The van der Waals surface area contributed by atoms with E-state index >= 15 is 0 Å². The van der Waals surface area contributed by atoms with Crippen LogP contribution in [0.3, 0.4) is 0 Å². The number of rotatable bonds is 10. The lowest BCUT2D eigenvalue weighted by Crippen LogP contribution is -2.22. The van der Waals surface area contributed by atoms with Crippen molar-refractivity contribution in [2.75, 3.05) is 11.3 Å². The third-order valence-corrected chi connectivity index (χ3v) is 5.76. The number of benzene rings is 1. The van der Waals surface area contributed by atoms with Gasteiger partial charge < -0.3 is 14.6 Å². The Balaban J connectivity index is 2.05. The molecule has 0 radical (unpaired) electrons. The monoisotopic (exact) mass is 493 g/mol. The molecule has 2 aromatic heterocycles. The van der Waals surface area contributed by atoms with Gasteiger partial charge in [0.05, 0.1) is 35.8 Å². The van der Waals surface area contributed by atoms with Crippen LogP contribution >= 0.6 is 0 Å². The van der Waals surface area contributed by atoms with Crippen LogP contribution in [0.2, 0.25) is 0 Å². The topological polar surface area (TPSA) is 128 Å². The van der Waals surface area contributed by atoms with Gasteiger partial charge in [-0.15, -0.1) is 0 Å². The van der Waals surface area contributed by atoms with Crippen LogP contribution in [0.4, 0.5) is 10.3 Å². The van der Waals surface area contributed by atoms with Gasteiger partial charge in [0.1, 0.15) is 16.5 Å². The summed E-state index contributed by atoms with van der Waals surface area (Å²) in [6.07, 6.45) is 2.54. The molecule has 1 aromatic carbocycles. The quantitative estimate of drug-likeness (QED) is 0.441. The largest absolute Gasteiger partial charge is 0.490 e. The van der Waals surface area contributed by atoms with Crippen LogP contribution in [0.5, 0.6) is 11.6 Å². The molecule has 0 spiro atoms. The third kappa shape index (κ3) is 6.64. The van der Waals surface area contributed by atoms with Gasteiger partial charge in [0.2, 0.25) is 11.8 Å². The van der Waals surface area contributed by atoms with E-state index in [9.17, 15) is 17.9 Å². The SMILES string of the molecule is CC(C)Oc1cccc(F)c1-c1cc(OCCC(C)(C)O)nc(NS(=O)(=O)c2cnn(C)c2)n1. The van der Waals surface area contributed by atoms with Crippen LogP contribution in [-0.4, -0.2) is 51.6 Å². The lowest BCUT2D eigenvalue weighted by molar-refractivity contribution is 0.0547. The first-order chi connectivity index (χ1) is 15.8. The van der Waals surface area contributed by atoms with Gasteiger partial charge in [-0.3, -0.25) is 4.68 Å². The van der Waals surface area contributed by atoms with Gasteiger partial charge in [0.15, 0.2) is 0 Å². The van der Waals surface area contributed by atoms with Crippen molar-refractivity contribution in [2.45, 2.75) is 50.7 Å². The predicted molar refractivity (Wildman–Crippen MR) is 124 cm³/mol. The van der Waals surface area contributed by atoms with E-state index in [-0.39, 0.29) is 52.9 Å². The second-order valence-electron chi connectivity index (χ2n) is 8.56. The standard InChI is InChI=1S/C22H28FN5O5S/c1-14(2)33-18-8-6-7-16(23)20(18)17-11-19(32-10-9-22(3,4)29)26-21(25-17)27-34(30,31)15-12-24-28(5)13-15/h6-8,11-14,29H,9-10H2,1-5H3,(H,25,26,27). The molecule has 0 atom stereocenters. The molecule has 0 aliphatic rings. The summed E-state index contributed by atoms with van der Waals surface area (Å²) < 4.78 is 55.5. The highest BCUT2D eigenvalue weighted by Crippen LogP contribution is 2.34. The summed E-state index contributed by atoms with van der Waals surface area (Å²) in [7, 11) is -2.49. The summed E-state index contributed by atoms with van der Waals surface area (Å²) in [6, 6.07) is 5.73. The molecule has 3 aromatic rings. The summed E-state index contributed by atoms with van der Waals surface area (Å²) in [5.41, 5.74) is -0.886. The molecule has 184 valence electrons.